The number of ether oxygens (including phenoxy) is 2. The van der Waals surface area contributed by atoms with Gasteiger partial charge in [0.1, 0.15) is 12.4 Å². The molecule has 20 heavy (non-hydrogen) atoms. The van der Waals surface area contributed by atoms with Crippen molar-refractivity contribution in [3.8, 4) is 11.6 Å². The summed E-state index contributed by atoms with van der Waals surface area (Å²) in [5.41, 5.74) is 7.40. The van der Waals surface area contributed by atoms with Gasteiger partial charge in [-0.15, -0.1) is 0 Å². The number of hydrogen-bond acceptors (Lipinski definition) is 4. The average molecular weight is 293 g/mol. The first-order valence-corrected chi connectivity index (χ1v) is 6.72. The number of nitrogens with zero attached hydrogens (tertiary/aromatic N) is 1. The summed E-state index contributed by atoms with van der Waals surface area (Å²) >= 11 is 5.98. The van der Waals surface area contributed by atoms with E-state index in [9.17, 15) is 0 Å². The molecule has 0 aliphatic carbocycles. The summed E-state index contributed by atoms with van der Waals surface area (Å²) in [6.07, 6.45) is 0.724. The lowest BCUT2D eigenvalue weighted by Gasteiger charge is -2.11. The van der Waals surface area contributed by atoms with Gasteiger partial charge in [0.05, 0.1) is 12.8 Å². The molecule has 2 rings (SSSR count). The Labute approximate surface area is 123 Å². The van der Waals surface area contributed by atoms with Crippen LogP contribution in [0.4, 0.5) is 0 Å². The highest BCUT2D eigenvalue weighted by Gasteiger charge is 2.06. The van der Waals surface area contributed by atoms with Crippen LogP contribution in [0.1, 0.15) is 11.3 Å². The van der Waals surface area contributed by atoms with Crippen molar-refractivity contribution in [3.63, 3.8) is 0 Å². The number of benzene rings is 1. The molecule has 0 radical (unpaired) electrons. The molecule has 0 saturated heterocycles. The maximum atomic E-state index is 5.98. The fourth-order valence-electron chi connectivity index (χ4n) is 1.84. The minimum absolute atomic E-state index is 0.371. The molecule has 0 unspecified atom stereocenters. The summed E-state index contributed by atoms with van der Waals surface area (Å²) in [4.78, 5) is 4.30. The van der Waals surface area contributed by atoms with Gasteiger partial charge in [-0.1, -0.05) is 17.7 Å². The maximum absolute atomic E-state index is 5.98. The normalized spacial score (nSPS) is 10.3. The second kappa shape index (κ2) is 7.12. The first kappa shape index (κ1) is 14.6. The van der Waals surface area contributed by atoms with Crippen molar-refractivity contribution in [2.24, 2.45) is 5.73 Å². The first-order chi connectivity index (χ1) is 9.72. The minimum Gasteiger partial charge on any atom is -0.487 e. The van der Waals surface area contributed by atoms with Crippen molar-refractivity contribution >= 4 is 11.6 Å². The van der Waals surface area contributed by atoms with E-state index in [2.05, 4.69) is 4.98 Å². The standard InChI is InChI=1S/C15H17ClN2O2/c1-19-15-4-2-3-13(18-15)10-20-14-6-5-12(16)9-11(14)7-8-17/h2-6,9H,7-8,10,17H2,1H3. The zero-order valence-electron chi connectivity index (χ0n) is 11.3. The van der Waals surface area contributed by atoms with Crippen LogP contribution in [-0.4, -0.2) is 18.6 Å². The van der Waals surface area contributed by atoms with Gasteiger partial charge in [-0.05, 0) is 42.8 Å². The Morgan fingerprint density at radius 1 is 1.25 bits per heavy atom. The Hall–Kier alpha value is -1.78. The van der Waals surface area contributed by atoms with Crippen LogP contribution in [0.5, 0.6) is 11.6 Å². The van der Waals surface area contributed by atoms with Crippen molar-refractivity contribution in [1.29, 1.82) is 0 Å². The zero-order chi connectivity index (χ0) is 14.4. The third kappa shape index (κ3) is 3.85. The van der Waals surface area contributed by atoms with Crippen LogP contribution in [-0.2, 0) is 13.0 Å². The van der Waals surface area contributed by atoms with Crippen LogP contribution in [0.25, 0.3) is 0 Å². The molecule has 0 fully saturated rings. The topological polar surface area (TPSA) is 57.4 Å². The summed E-state index contributed by atoms with van der Waals surface area (Å²) in [5, 5.41) is 0.681. The number of methoxy groups -OCH3 is 1. The summed E-state index contributed by atoms with van der Waals surface area (Å²) in [5.74, 6) is 1.36. The molecule has 1 aromatic carbocycles. The summed E-state index contributed by atoms with van der Waals surface area (Å²) < 4.78 is 10.9. The van der Waals surface area contributed by atoms with Gasteiger partial charge >= 0.3 is 0 Å². The second-order valence-corrected chi connectivity index (χ2v) is 4.69. The number of halogens is 1. The zero-order valence-corrected chi connectivity index (χ0v) is 12.1. The molecule has 0 aliphatic heterocycles. The van der Waals surface area contributed by atoms with E-state index in [4.69, 9.17) is 26.8 Å². The third-order valence-electron chi connectivity index (χ3n) is 2.80. The molecular weight excluding hydrogens is 276 g/mol. The number of aromatic nitrogens is 1. The van der Waals surface area contributed by atoms with E-state index in [-0.39, 0.29) is 0 Å². The predicted molar refractivity (Wildman–Crippen MR) is 79.3 cm³/mol. The third-order valence-corrected chi connectivity index (χ3v) is 3.04. The largest absolute Gasteiger partial charge is 0.487 e. The predicted octanol–water partition coefficient (Wildman–Crippen LogP) is 2.82. The lowest BCUT2D eigenvalue weighted by Crippen LogP contribution is -2.06. The highest BCUT2D eigenvalue weighted by Crippen LogP contribution is 2.24. The van der Waals surface area contributed by atoms with Crippen molar-refractivity contribution in [2.75, 3.05) is 13.7 Å². The van der Waals surface area contributed by atoms with E-state index in [1.54, 1.807) is 19.2 Å². The van der Waals surface area contributed by atoms with Gasteiger partial charge < -0.3 is 15.2 Å². The van der Waals surface area contributed by atoms with Crippen LogP contribution in [0.2, 0.25) is 5.02 Å². The molecule has 1 aromatic heterocycles. The van der Waals surface area contributed by atoms with Gasteiger partial charge in [-0.3, -0.25) is 0 Å². The second-order valence-electron chi connectivity index (χ2n) is 4.25. The molecule has 106 valence electrons. The van der Waals surface area contributed by atoms with E-state index in [1.807, 2.05) is 24.3 Å². The fourth-order valence-corrected chi connectivity index (χ4v) is 2.04. The minimum atomic E-state index is 0.371. The molecule has 0 aliphatic rings. The highest BCUT2D eigenvalue weighted by molar-refractivity contribution is 6.30. The van der Waals surface area contributed by atoms with Gasteiger partial charge in [-0.25, -0.2) is 4.98 Å². The number of pyridine rings is 1. The quantitative estimate of drug-likeness (QED) is 0.889. The lowest BCUT2D eigenvalue weighted by molar-refractivity contribution is 0.295. The first-order valence-electron chi connectivity index (χ1n) is 6.34. The Balaban J connectivity index is 2.09. The van der Waals surface area contributed by atoms with Crippen LogP contribution < -0.4 is 15.2 Å². The van der Waals surface area contributed by atoms with E-state index >= 15 is 0 Å². The molecule has 1 heterocycles. The molecule has 0 bridgehead atoms. The molecule has 0 spiro atoms. The molecule has 2 aromatic rings. The molecule has 0 amide bonds. The molecule has 4 nitrogen and oxygen atoms in total. The van der Waals surface area contributed by atoms with Crippen LogP contribution >= 0.6 is 11.6 Å². The Morgan fingerprint density at radius 3 is 2.85 bits per heavy atom. The average Bonchev–Trinajstić information content (AvgIpc) is 2.47. The number of nitrogens with two attached hydrogens (primary N) is 1. The van der Waals surface area contributed by atoms with Gasteiger partial charge in [0, 0.05) is 11.1 Å². The van der Waals surface area contributed by atoms with Crippen LogP contribution in [0.15, 0.2) is 36.4 Å². The van der Waals surface area contributed by atoms with Crippen LogP contribution in [0.3, 0.4) is 0 Å². The van der Waals surface area contributed by atoms with E-state index in [0.29, 0.717) is 24.1 Å². The Bertz CT molecular complexity index is 576. The van der Waals surface area contributed by atoms with E-state index < -0.39 is 0 Å². The molecule has 0 saturated carbocycles. The van der Waals surface area contributed by atoms with Gasteiger partial charge in [0.25, 0.3) is 0 Å². The molecule has 0 atom stereocenters. The fraction of sp³-hybridized carbons (Fsp3) is 0.267. The van der Waals surface area contributed by atoms with E-state index in [1.165, 1.54) is 0 Å². The van der Waals surface area contributed by atoms with Gasteiger partial charge in [0.2, 0.25) is 5.88 Å². The van der Waals surface area contributed by atoms with Crippen molar-refractivity contribution in [3.05, 3.63) is 52.7 Å². The van der Waals surface area contributed by atoms with Crippen molar-refractivity contribution in [2.45, 2.75) is 13.0 Å². The van der Waals surface area contributed by atoms with Crippen molar-refractivity contribution in [1.82, 2.24) is 4.98 Å². The SMILES string of the molecule is COc1cccc(COc2ccc(Cl)cc2CCN)n1. The highest BCUT2D eigenvalue weighted by atomic mass is 35.5. The number of rotatable bonds is 6. The monoisotopic (exact) mass is 292 g/mol. The maximum Gasteiger partial charge on any atom is 0.213 e. The van der Waals surface area contributed by atoms with Crippen LogP contribution in [0, 0.1) is 0 Å². The Kier molecular flexibility index (Phi) is 5.21. The molecule has 2 N–H and O–H groups in total. The summed E-state index contributed by atoms with van der Waals surface area (Å²) in [7, 11) is 1.59. The lowest BCUT2D eigenvalue weighted by atomic mass is 10.1. The molecular formula is C15H17ClN2O2. The summed E-state index contributed by atoms with van der Waals surface area (Å²) in [6, 6.07) is 11.1. The summed E-state index contributed by atoms with van der Waals surface area (Å²) in [6.45, 7) is 0.921. The molecule has 5 heteroatoms. The number of hydrogen-bond donors (Lipinski definition) is 1. The van der Waals surface area contributed by atoms with Gasteiger partial charge in [0.15, 0.2) is 0 Å². The smallest absolute Gasteiger partial charge is 0.213 e. The van der Waals surface area contributed by atoms with E-state index in [0.717, 1.165) is 23.4 Å². The van der Waals surface area contributed by atoms with Crippen molar-refractivity contribution < 1.29 is 9.47 Å². The Morgan fingerprint density at radius 2 is 2.10 bits per heavy atom. The van der Waals surface area contributed by atoms with Gasteiger partial charge in [-0.2, -0.15) is 0 Å².